The molecule has 0 saturated carbocycles. The molecule has 0 atom stereocenters. The molecule has 2 aromatic heterocycles. The predicted molar refractivity (Wildman–Crippen MR) is 84.2 cm³/mol. The van der Waals surface area contributed by atoms with Crippen molar-refractivity contribution in [1.82, 2.24) is 13.9 Å². The molecule has 0 fully saturated rings. The van der Waals surface area contributed by atoms with Gasteiger partial charge in [-0.15, -0.1) is 0 Å². The Balaban J connectivity index is 2.17. The molecule has 0 spiro atoms. The fourth-order valence-corrected chi connectivity index (χ4v) is 3.61. The molecule has 3 rings (SSSR count). The number of primary amides is 1. The number of nitrogens with zero attached hydrogens (tertiary/aromatic N) is 3. The lowest BCUT2D eigenvalue weighted by molar-refractivity contribution is -0.117. The van der Waals surface area contributed by atoms with Gasteiger partial charge in [0, 0.05) is 11.6 Å². The molecule has 2 heterocycles. The van der Waals surface area contributed by atoms with E-state index in [0.29, 0.717) is 11.1 Å². The highest BCUT2D eigenvalue weighted by atomic mass is 32.2. The second-order valence-electron chi connectivity index (χ2n) is 5.13. The highest BCUT2D eigenvalue weighted by Gasteiger charge is 2.21. The van der Waals surface area contributed by atoms with Crippen molar-refractivity contribution in [2.24, 2.45) is 5.73 Å². The van der Waals surface area contributed by atoms with Crippen LogP contribution in [0.3, 0.4) is 0 Å². The maximum Gasteiger partial charge on any atom is 0.269 e. The maximum absolute atomic E-state index is 12.8. The van der Waals surface area contributed by atoms with Gasteiger partial charge in [-0.3, -0.25) is 4.79 Å². The molecule has 1 amide bonds. The molecule has 23 heavy (non-hydrogen) atoms. The first-order valence-corrected chi connectivity index (χ1v) is 8.25. The van der Waals surface area contributed by atoms with E-state index in [1.165, 1.54) is 12.5 Å². The van der Waals surface area contributed by atoms with Gasteiger partial charge >= 0.3 is 0 Å². The summed E-state index contributed by atoms with van der Waals surface area (Å²) in [5, 5.41) is 0.488. The fourth-order valence-electron chi connectivity index (χ4n) is 2.30. The van der Waals surface area contributed by atoms with Gasteiger partial charge in [-0.05, 0) is 25.1 Å². The topological polar surface area (TPSA) is 108 Å². The Hall–Kier alpha value is -2.74. The van der Waals surface area contributed by atoms with Gasteiger partial charge in [0.05, 0.1) is 17.0 Å². The van der Waals surface area contributed by atoms with Crippen LogP contribution in [0.5, 0.6) is 0 Å². The minimum absolute atomic E-state index is 0.0758. The van der Waals surface area contributed by atoms with Gasteiger partial charge in [-0.2, -0.15) is 0 Å². The normalized spacial score (nSPS) is 11.7. The van der Waals surface area contributed by atoms with Crippen LogP contribution in [0.15, 0.2) is 47.8 Å². The monoisotopic (exact) mass is 330 g/mol. The Morgan fingerprint density at radius 2 is 1.87 bits per heavy atom. The van der Waals surface area contributed by atoms with Gasteiger partial charge in [0.15, 0.2) is 5.65 Å². The number of aromatic nitrogens is 3. The van der Waals surface area contributed by atoms with Gasteiger partial charge < -0.3 is 5.73 Å². The van der Waals surface area contributed by atoms with Crippen molar-refractivity contribution in [1.29, 1.82) is 0 Å². The summed E-state index contributed by atoms with van der Waals surface area (Å²) in [6.07, 6.45) is 2.55. The summed E-state index contributed by atoms with van der Waals surface area (Å²) in [7, 11) is -3.77. The Morgan fingerprint density at radius 3 is 2.52 bits per heavy atom. The van der Waals surface area contributed by atoms with Crippen LogP contribution in [0.2, 0.25) is 0 Å². The van der Waals surface area contributed by atoms with Crippen LogP contribution in [0.4, 0.5) is 0 Å². The first kappa shape index (κ1) is 15.2. The molecule has 0 aliphatic carbocycles. The van der Waals surface area contributed by atoms with E-state index < -0.39 is 15.9 Å². The van der Waals surface area contributed by atoms with Gasteiger partial charge in [0.1, 0.15) is 6.33 Å². The van der Waals surface area contributed by atoms with Crippen molar-refractivity contribution in [2.45, 2.75) is 18.2 Å². The number of nitrogens with two attached hydrogens (primary N) is 1. The largest absolute Gasteiger partial charge is 0.369 e. The summed E-state index contributed by atoms with van der Waals surface area (Å²) >= 11 is 0. The lowest BCUT2D eigenvalue weighted by Crippen LogP contribution is -2.15. The van der Waals surface area contributed by atoms with Crippen molar-refractivity contribution in [3.05, 3.63) is 54.1 Å². The molecular weight excluding hydrogens is 316 g/mol. The van der Waals surface area contributed by atoms with E-state index in [0.717, 1.165) is 9.54 Å². The number of aryl methyl sites for hydroxylation is 1. The molecule has 0 saturated heterocycles. The van der Waals surface area contributed by atoms with Crippen molar-refractivity contribution in [3.8, 4) is 0 Å². The first-order valence-electron chi connectivity index (χ1n) is 6.81. The van der Waals surface area contributed by atoms with Crippen LogP contribution in [0, 0.1) is 6.92 Å². The summed E-state index contributed by atoms with van der Waals surface area (Å²) in [6, 6.07) is 8.11. The van der Waals surface area contributed by atoms with E-state index in [1.54, 1.807) is 30.3 Å². The smallest absolute Gasteiger partial charge is 0.269 e. The zero-order valence-electron chi connectivity index (χ0n) is 12.3. The second-order valence-corrected chi connectivity index (χ2v) is 6.95. The third kappa shape index (κ3) is 2.68. The van der Waals surface area contributed by atoms with E-state index >= 15 is 0 Å². The maximum atomic E-state index is 12.8. The van der Waals surface area contributed by atoms with Crippen LogP contribution in [-0.2, 0) is 21.2 Å². The summed E-state index contributed by atoms with van der Waals surface area (Å²) in [6.45, 7) is 1.88. The van der Waals surface area contributed by atoms with E-state index in [2.05, 4.69) is 9.97 Å². The Morgan fingerprint density at radius 1 is 1.17 bits per heavy atom. The molecule has 7 nitrogen and oxygen atoms in total. The number of hydrogen-bond acceptors (Lipinski definition) is 5. The fraction of sp³-hybridized carbons (Fsp3) is 0.133. The van der Waals surface area contributed by atoms with Gasteiger partial charge in [0.2, 0.25) is 5.91 Å². The van der Waals surface area contributed by atoms with Crippen LogP contribution in [0.25, 0.3) is 11.0 Å². The van der Waals surface area contributed by atoms with Gasteiger partial charge in [-0.25, -0.2) is 22.4 Å². The van der Waals surface area contributed by atoms with E-state index in [9.17, 15) is 13.2 Å². The molecule has 0 bridgehead atoms. The number of rotatable bonds is 4. The minimum Gasteiger partial charge on any atom is -0.369 e. The molecule has 0 aliphatic heterocycles. The van der Waals surface area contributed by atoms with Crippen molar-refractivity contribution >= 4 is 27.0 Å². The molecule has 118 valence electrons. The Kier molecular flexibility index (Phi) is 3.61. The van der Waals surface area contributed by atoms with Crippen LogP contribution < -0.4 is 5.73 Å². The van der Waals surface area contributed by atoms with E-state index in [1.807, 2.05) is 6.92 Å². The zero-order chi connectivity index (χ0) is 16.6. The molecule has 2 N–H and O–H groups in total. The number of fused-ring (bicyclic) bond motifs is 1. The van der Waals surface area contributed by atoms with Crippen LogP contribution in [0.1, 0.15) is 11.3 Å². The number of benzene rings is 1. The van der Waals surface area contributed by atoms with Gasteiger partial charge in [-0.1, -0.05) is 17.7 Å². The summed E-state index contributed by atoms with van der Waals surface area (Å²) in [4.78, 5) is 19.3. The lowest BCUT2D eigenvalue weighted by atomic mass is 10.2. The van der Waals surface area contributed by atoms with Crippen LogP contribution >= 0.6 is 0 Å². The molecule has 0 radical (unpaired) electrons. The Bertz CT molecular complexity index is 991. The molecule has 1 aromatic carbocycles. The molecule has 0 aliphatic rings. The third-order valence-electron chi connectivity index (χ3n) is 3.45. The number of carbonyl (C=O) groups excluding carboxylic acids is 1. The second kappa shape index (κ2) is 5.47. The number of amides is 1. The van der Waals surface area contributed by atoms with Gasteiger partial charge in [0.25, 0.3) is 10.0 Å². The lowest BCUT2D eigenvalue weighted by Gasteiger charge is -2.07. The summed E-state index contributed by atoms with van der Waals surface area (Å²) in [5.74, 6) is -0.542. The third-order valence-corrected chi connectivity index (χ3v) is 5.13. The van der Waals surface area contributed by atoms with Crippen LogP contribution in [-0.4, -0.2) is 28.3 Å². The predicted octanol–water partition coefficient (Wildman–Crippen LogP) is 1.00. The van der Waals surface area contributed by atoms with E-state index in [4.69, 9.17) is 5.73 Å². The average molecular weight is 330 g/mol. The highest BCUT2D eigenvalue weighted by Crippen LogP contribution is 2.22. The van der Waals surface area contributed by atoms with E-state index in [-0.39, 0.29) is 17.0 Å². The molecule has 0 unspecified atom stereocenters. The zero-order valence-corrected chi connectivity index (χ0v) is 13.1. The molecule has 8 heteroatoms. The standard InChI is InChI=1S/C15H14N4O3S/c1-10-2-4-11(5-3-10)23(21,22)19-7-6-12-13(8-14(16)20)17-9-18-15(12)19/h2-7,9H,8H2,1H3,(H2,16,20). The Labute approximate surface area is 132 Å². The SMILES string of the molecule is Cc1ccc(S(=O)(=O)n2ccc3c(CC(N)=O)ncnc32)cc1. The number of hydrogen-bond donors (Lipinski definition) is 1. The molecular formula is C15H14N4O3S. The summed E-state index contributed by atoms with van der Waals surface area (Å²) in [5.41, 5.74) is 6.78. The highest BCUT2D eigenvalue weighted by molar-refractivity contribution is 7.90. The first-order chi connectivity index (χ1) is 10.9. The number of carbonyl (C=O) groups is 1. The molecule has 3 aromatic rings. The van der Waals surface area contributed by atoms with Crippen molar-refractivity contribution < 1.29 is 13.2 Å². The quantitative estimate of drug-likeness (QED) is 0.768. The summed E-state index contributed by atoms with van der Waals surface area (Å²) < 4.78 is 26.6. The van der Waals surface area contributed by atoms with Crippen molar-refractivity contribution in [3.63, 3.8) is 0 Å². The van der Waals surface area contributed by atoms with Crippen molar-refractivity contribution in [2.75, 3.05) is 0 Å². The minimum atomic E-state index is -3.77. The average Bonchev–Trinajstić information content (AvgIpc) is 2.93.